The number of anilines is 2. The maximum absolute atomic E-state index is 5.80. The van der Waals surface area contributed by atoms with Crippen molar-refractivity contribution in [2.75, 3.05) is 22.6 Å². The van der Waals surface area contributed by atoms with Crippen LogP contribution in [0.15, 0.2) is 10.7 Å². The highest BCUT2D eigenvalue weighted by atomic mass is 79.9. The van der Waals surface area contributed by atoms with Crippen molar-refractivity contribution in [2.24, 2.45) is 0 Å². The summed E-state index contributed by atoms with van der Waals surface area (Å²) < 4.78 is 0.989. The summed E-state index contributed by atoms with van der Waals surface area (Å²) in [6.07, 6.45) is 4.23. The number of aromatic nitrogens is 1. The second-order valence-corrected chi connectivity index (χ2v) is 6.00. The normalized spacial score (nSPS) is 20.8. The van der Waals surface area contributed by atoms with Gasteiger partial charge in [0.15, 0.2) is 0 Å². The minimum Gasteiger partial charge on any atom is -0.397 e. The van der Waals surface area contributed by atoms with Crippen LogP contribution in [0.5, 0.6) is 0 Å². The molecule has 3 nitrogen and oxygen atoms in total. The van der Waals surface area contributed by atoms with Gasteiger partial charge in [-0.1, -0.05) is 0 Å². The van der Waals surface area contributed by atoms with Crippen LogP contribution in [0, 0.1) is 6.92 Å². The molecule has 5 heteroatoms. The predicted octanol–water partition coefficient (Wildman–Crippen LogP) is 3.04. The van der Waals surface area contributed by atoms with Gasteiger partial charge in [-0.15, -0.1) is 0 Å². The molecule has 16 heavy (non-hydrogen) atoms. The number of pyridine rings is 1. The average Bonchev–Trinajstić information content (AvgIpc) is 2.31. The van der Waals surface area contributed by atoms with Crippen molar-refractivity contribution in [1.82, 2.24) is 4.98 Å². The Hall–Kier alpha value is -0.420. The molecule has 0 aromatic carbocycles. The topological polar surface area (TPSA) is 50.9 Å². The summed E-state index contributed by atoms with van der Waals surface area (Å²) in [5, 5.41) is 3.48. The van der Waals surface area contributed by atoms with Gasteiger partial charge in [0.05, 0.1) is 16.4 Å². The van der Waals surface area contributed by atoms with Crippen LogP contribution in [0.2, 0.25) is 0 Å². The fourth-order valence-electron chi connectivity index (χ4n) is 1.74. The van der Waals surface area contributed by atoms with E-state index in [1.165, 1.54) is 18.6 Å². The van der Waals surface area contributed by atoms with Gasteiger partial charge in [-0.2, -0.15) is 11.8 Å². The van der Waals surface area contributed by atoms with Crippen LogP contribution >= 0.6 is 27.7 Å². The van der Waals surface area contributed by atoms with Crippen molar-refractivity contribution in [1.29, 1.82) is 0 Å². The van der Waals surface area contributed by atoms with E-state index in [9.17, 15) is 0 Å². The minimum atomic E-state index is 0.533. The Labute approximate surface area is 109 Å². The summed E-state index contributed by atoms with van der Waals surface area (Å²) in [4.78, 5) is 4.34. The van der Waals surface area contributed by atoms with Gasteiger partial charge >= 0.3 is 0 Å². The molecule has 1 aliphatic rings. The fraction of sp³-hybridized carbons (Fsp3) is 0.545. The summed E-state index contributed by atoms with van der Waals surface area (Å²) in [6.45, 7) is 2.00. The Morgan fingerprint density at radius 1 is 1.62 bits per heavy atom. The third-order valence-corrected chi connectivity index (χ3v) is 4.99. The molecule has 1 aromatic heterocycles. The summed E-state index contributed by atoms with van der Waals surface area (Å²) >= 11 is 5.55. The van der Waals surface area contributed by atoms with Gasteiger partial charge in [0.25, 0.3) is 0 Å². The van der Waals surface area contributed by atoms with Crippen LogP contribution < -0.4 is 11.1 Å². The summed E-state index contributed by atoms with van der Waals surface area (Å²) in [5.41, 5.74) is 7.59. The predicted molar refractivity (Wildman–Crippen MR) is 75.1 cm³/mol. The van der Waals surface area contributed by atoms with Gasteiger partial charge in [-0.25, -0.2) is 4.98 Å². The number of nitrogens with zero attached hydrogens (tertiary/aromatic N) is 1. The zero-order chi connectivity index (χ0) is 11.5. The number of hydrogen-bond donors (Lipinski definition) is 2. The van der Waals surface area contributed by atoms with Crippen LogP contribution in [-0.2, 0) is 0 Å². The Kier molecular flexibility index (Phi) is 3.97. The second-order valence-electron chi connectivity index (χ2n) is 4.06. The first kappa shape index (κ1) is 12.0. The molecule has 0 aliphatic carbocycles. The second kappa shape index (κ2) is 5.27. The SMILES string of the molecule is Cc1c(N)cnc(NC2CCCSC2)c1Br. The van der Waals surface area contributed by atoms with Gasteiger partial charge in [-0.05, 0) is 47.0 Å². The fourth-order valence-corrected chi connectivity index (χ4v) is 3.26. The molecule has 0 spiro atoms. The molecule has 1 unspecified atom stereocenters. The molecule has 0 bridgehead atoms. The van der Waals surface area contributed by atoms with E-state index < -0.39 is 0 Å². The monoisotopic (exact) mass is 301 g/mol. The van der Waals surface area contributed by atoms with Crippen LogP contribution in [0.4, 0.5) is 11.5 Å². The molecular formula is C11H16BrN3S. The Morgan fingerprint density at radius 3 is 3.12 bits per heavy atom. The van der Waals surface area contributed by atoms with Crippen molar-refractivity contribution >= 4 is 39.2 Å². The van der Waals surface area contributed by atoms with E-state index in [1.807, 2.05) is 18.7 Å². The van der Waals surface area contributed by atoms with Gasteiger partial charge in [0.2, 0.25) is 0 Å². The van der Waals surface area contributed by atoms with E-state index in [2.05, 4.69) is 26.2 Å². The quantitative estimate of drug-likeness (QED) is 0.881. The van der Waals surface area contributed by atoms with E-state index in [4.69, 9.17) is 5.73 Å². The maximum atomic E-state index is 5.80. The molecule has 1 aliphatic heterocycles. The number of nitrogens with two attached hydrogens (primary N) is 1. The van der Waals surface area contributed by atoms with Gasteiger partial charge in [-0.3, -0.25) is 0 Å². The lowest BCUT2D eigenvalue weighted by atomic mass is 10.2. The molecule has 88 valence electrons. The highest BCUT2D eigenvalue weighted by Gasteiger charge is 2.16. The first-order chi connectivity index (χ1) is 7.68. The maximum Gasteiger partial charge on any atom is 0.140 e. The van der Waals surface area contributed by atoms with Gasteiger partial charge in [0.1, 0.15) is 5.82 Å². The largest absolute Gasteiger partial charge is 0.397 e. The Balaban J connectivity index is 2.11. The van der Waals surface area contributed by atoms with Gasteiger partial charge < -0.3 is 11.1 Å². The first-order valence-electron chi connectivity index (χ1n) is 5.43. The molecule has 1 saturated heterocycles. The van der Waals surface area contributed by atoms with Gasteiger partial charge in [0, 0.05) is 11.8 Å². The molecule has 1 fully saturated rings. The molecule has 0 radical (unpaired) electrons. The molecule has 0 saturated carbocycles. The number of halogens is 1. The van der Waals surface area contributed by atoms with Crippen molar-refractivity contribution in [2.45, 2.75) is 25.8 Å². The molecule has 2 rings (SSSR count). The van der Waals surface area contributed by atoms with Crippen LogP contribution in [-0.4, -0.2) is 22.5 Å². The molecule has 0 amide bonds. The lowest BCUT2D eigenvalue weighted by molar-refractivity contribution is 0.682. The average molecular weight is 302 g/mol. The lowest BCUT2D eigenvalue weighted by Gasteiger charge is -2.24. The van der Waals surface area contributed by atoms with E-state index in [0.717, 1.165) is 27.3 Å². The van der Waals surface area contributed by atoms with E-state index in [0.29, 0.717) is 6.04 Å². The van der Waals surface area contributed by atoms with E-state index >= 15 is 0 Å². The first-order valence-corrected chi connectivity index (χ1v) is 7.38. The summed E-state index contributed by atoms with van der Waals surface area (Å²) in [6, 6.07) is 0.533. The zero-order valence-electron chi connectivity index (χ0n) is 9.29. The smallest absolute Gasteiger partial charge is 0.140 e. The highest BCUT2D eigenvalue weighted by molar-refractivity contribution is 9.10. The lowest BCUT2D eigenvalue weighted by Crippen LogP contribution is -2.26. The van der Waals surface area contributed by atoms with Crippen LogP contribution in [0.1, 0.15) is 18.4 Å². The van der Waals surface area contributed by atoms with Crippen molar-refractivity contribution in [3.8, 4) is 0 Å². The molecular weight excluding hydrogens is 286 g/mol. The van der Waals surface area contributed by atoms with E-state index in [1.54, 1.807) is 6.20 Å². The third-order valence-electron chi connectivity index (χ3n) is 2.80. The van der Waals surface area contributed by atoms with Crippen molar-refractivity contribution in [3.63, 3.8) is 0 Å². The number of nitrogens with one attached hydrogen (secondary N) is 1. The highest BCUT2D eigenvalue weighted by Crippen LogP contribution is 2.29. The number of hydrogen-bond acceptors (Lipinski definition) is 4. The summed E-state index contributed by atoms with van der Waals surface area (Å²) in [7, 11) is 0. The molecule has 1 atom stereocenters. The number of nitrogen functional groups attached to an aromatic ring is 1. The van der Waals surface area contributed by atoms with Crippen molar-refractivity contribution < 1.29 is 0 Å². The van der Waals surface area contributed by atoms with Crippen LogP contribution in [0.25, 0.3) is 0 Å². The van der Waals surface area contributed by atoms with Crippen molar-refractivity contribution in [3.05, 3.63) is 16.2 Å². The third kappa shape index (κ3) is 2.63. The molecule has 1 aromatic rings. The summed E-state index contributed by atoms with van der Waals surface area (Å²) in [5.74, 6) is 3.37. The standard InChI is InChI=1S/C11H16BrN3S/c1-7-9(13)5-14-11(10(7)12)15-8-3-2-4-16-6-8/h5,8H,2-4,6,13H2,1H3,(H,14,15). The number of thioether (sulfide) groups is 1. The Bertz CT molecular complexity index is 378. The minimum absolute atomic E-state index is 0.533. The number of rotatable bonds is 2. The van der Waals surface area contributed by atoms with E-state index in [-0.39, 0.29) is 0 Å². The zero-order valence-corrected chi connectivity index (χ0v) is 11.7. The Morgan fingerprint density at radius 2 is 2.44 bits per heavy atom. The molecule has 2 heterocycles. The molecule has 3 N–H and O–H groups in total. The van der Waals surface area contributed by atoms with Crippen LogP contribution in [0.3, 0.4) is 0 Å².